The molecule has 0 saturated carbocycles. The molecule has 0 aromatic rings. The van der Waals surface area contributed by atoms with Gasteiger partial charge in [-0.3, -0.25) is 0 Å². The van der Waals surface area contributed by atoms with Crippen molar-refractivity contribution in [3.63, 3.8) is 0 Å². The van der Waals surface area contributed by atoms with Crippen molar-refractivity contribution in [2.24, 2.45) is 11.5 Å². The molecule has 1 aliphatic rings. The molecule has 0 spiro atoms. The fraction of sp³-hybridized carbons (Fsp3) is 0.231. The standard InChI is InChI=1S/C13H19N3/c1-10(3-4-11(2)14)9-16-13-7-5-12(15)6-8-13/h3-5,7,16H,1-2,6,8-9,14-15H2/b4-3-. The van der Waals surface area contributed by atoms with Gasteiger partial charge in [-0.25, -0.2) is 0 Å². The van der Waals surface area contributed by atoms with Crippen LogP contribution >= 0.6 is 0 Å². The first kappa shape index (κ1) is 12.2. The van der Waals surface area contributed by atoms with Gasteiger partial charge < -0.3 is 16.8 Å². The third-order valence-electron chi connectivity index (χ3n) is 2.26. The molecule has 3 nitrogen and oxygen atoms in total. The van der Waals surface area contributed by atoms with E-state index in [9.17, 15) is 0 Å². The Bertz CT molecular complexity index is 373. The van der Waals surface area contributed by atoms with Crippen molar-refractivity contribution in [3.8, 4) is 0 Å². The lowest BCUT2D eigenvalue weighted by Gasteiger charge is -2.14. The summed E-state index contributed by atoms with van der Waals surface area (Å²) in [5.41, 5.74) is 14.7. The van der Waals surface area contributed by atoms with Crippen LogP contribution in [0.25, 0.3) is 0 Å². The first-order valence-corrected chi connectivity index (χ1v) is 5.27. The summed E-state index contributed by atoms with van der Waals surface area (Å²) in [6.07, 6.45) is 9.44. The number of hydrogen-bond donors (Lipinski definition) is 3. The molecule has 0 saturated heterocycles. The molecule has 0 atom stereocenters. The number of hydrogen-bond acceptors (Lipinski definition) is 3. The van der Waals surface area contributed by atoms with Crippen molar-refractivity contribution in [3.05, 3.63) is 60.1 Å². The monoisotopic (exact) mass is 217 g/mol. The molecule has 0 heterocycles. The number of allylic oxidation sites excluding steroid dienone is 5. The first-order valence-electron chi connectivity index (χ1n) is 5.27. The zero-order valence-electron chi connectivity index (χ0n) is 9.50. The van der Waals surface area contributed by atoms with E-state index in [1.54, 1.807) is 6.08 Å². The minimum Gasteiger partial charge on any atom is -0.402 e. The largest absolute Gasteiger partial charge is 0.402 e. The van der Waals surface area contributed by atoms with Gasteiger partial charge in [0.2, 0.25) is 0 Å². The topological polar surface area (TPSA) is 64.1 Å². The van der Waals surface area contributed by atoms with Crippen molar-refractivity contribution in [2.75, 3.05) is 6.54 Å². The Morgan fingerprint density at radius 1 is 1.31 bits per heavy atom. The lowest BCUT2D eigenvalue weighted by molar-refractivity contribution is 0.770. The van der Waals surface area contributed by atoms with Gasteiger partial charge in [-0.1, -0.05) is 19.2 Å². The highest BCUT2D eigenvalue weighted by atomic mass is 14.9. The molecule has 0 amide bonds. The summed E-state index contributed by atoms with van der Waals surface area (Å²) in [6, 6.07) is 0. The van der Waals surface area contributed by atoms with Crippen LogP contribution in [0.5, 0.6) is 0 Å². The fourth-order valence-electron chi connectivity index (χ4n) is 1.31. The molecule has 1 aliphatic carbocycles. The lowest BCUT2D eigenvalue weighted by atomic mass is 10.1. The number of rotatable bonds is 5. The molecule has 0 fully saturated rings. The predicted molar refractivity (Wildman–Crippen MR) is 69.2 cm³/mol. The van der Waals surface area contributed by atoms with Gasteiger partial charge in [-0.2, -0.15) is 0 Å². The Morgan fingerprint density at radius 3 is 2.62 bits per heavy atom. The molecule has 0 radical (unpaired) electrons. The van der Waals surface area contributed by atoms with Gasteiger partial charge in [-0.05, 0) is 36.6 Å². The van der Waals surface area contributed by atoms with Crippen molar-refractivity contribution >= 4 is 0 Å². The van der Waals surface area contributed by atoms with Crippen molar-refractivity contribution in [2.45, 2.75) is 12.8 Å². The Kier molecular flexibility index (Phi) is 4.45. The van der Waals surface area contributed by atoms with E-state index in [1.165, 1.54) is 5.70 Å². The zero-order valence-corrected chi connectivity index (χ0v) is 9.50. The molecule has 3 heteroatoms. The van der Waals surface area contributed by atoms with Gasteiger partial charge in [-0.15, -0.1) is 0 Å². The molecule has 1 rings (SSSR count). The van der Waals surface area contributed by atoms with E-state index in [0.717, 1.165) is 24.1 Å². The van der Waals surface area contributed by atoms with Crippen LogP contribution in [0.4, 0.5) is 0 Å². The molecule has 5 N–H and O–H groups in total. The predicted octanol–water partition coefficient (Wildman–Crippen LogP) is 1.68. The van der Waals surface area contributed by atoms with E-state index in [0.29, 0.717) is 12.2 Å². The van der Waals surface area contributed by atoms with Crippen LogP contribution in [0.3, 0.4) is 0 Å². The second-order valence-electron chi connectivity index (χ2n) is 3.85. The van der Waals surface area contributed by atoms with Crippen LogP contribution in [-0.2, 0) is 0 Å². The van der Waals surface area contributed by atoms with Crippen molar-refractivity contribution in [1.29, 1.82) is 0 Å². The molecule has 0 aliphatic heterocycles. The maximum atomic E-state index is 5.67. The van der Waals surface area contributed by atoms with E-state index >= 15 is 0 Å². The smallest absolute Gasteiger partial charge is 0.0391 e. The average molecular weight is 217 g/mol. The number of nitrogens with two attached hydrogens (primary N) is 2. The summed E-state index contributed by atoms with van der Waals surface area (Å²) in [5, 5.41) is 3.31. The summed E-state index contributed by atoms with van der Waals surface area (Å²) in [7, 11) is 0. The van der Waals surface area contributed by atoms with E-state index in [2.05, 4.69) is 18.5 Å². The molecular formula is C13H19N3. The van der Waals surface area contributed by atoms with Gasteiger partial charge in [0, 0.05) is 23.6 Å². The first-order chi connectivity index (χ1) is 7.58. The Hall–Kier alpha value is -1.90. The lowest BCUT2D eigenvalue weighted by Crippen LogP contribution is -2.18. The second kappa shape index (κ2) is 5.85. The molecule has 0 bridgehead atoms. The Balaban J connectivity index is 2.35. The summed E-state index contributed by atoms with van der Waals surface area (Å²) < 4.78 is 0. The third-order valence-corrected chi connectivity index (χ3v) is 2.26. The minimum atomic E-state index is 0.536. The quantitative estimate of drug-likeness (QED) is 0.614. The maximum Gasteiger partial charge on any atom is 0.0391 e. The summed E-state index contributed by atoms with van der Waals surface area (Å²) in [6.45, 7) is 8.21. The molecule has 0 aromatic heterocycles. The fourth-order valence-corrected chi connectivity index (χ4v) is 1.31. The summed E-state index contributed by atoms with van der Waals surface area (Å²) in [5.74, 6) is 0. The highest BCUT2D eigenvalue weighted by Crippen LogP contribution is 2.12. The number of nitrogens with one attached hydrogen (secondary N) is 1. The van der Waals surface area contributed by atoms with Gasteiger partial charge in [0.25, 0.3) is 0 Å². The van der Waals surface area contributed by atoms with Crippen LogP contribution in [0.2, 0.25) is 0 Å². The normalized spacial score (nSPS) is 15.5. The molecule has 16 heavy (non-hydrogen) atoms. The highest BCUT2D eigenvalue weighted by molar-refractivity contribution is 5.26. The van der Waals surface area contributed by atoms with Crippen LogP contribution in [0.15, 0.2) is 60.1 Å². The van der Waals surface area contributed by atoms with Crippen LogP contribution < -0.4 is 16.8 Å². The SMILES string of the molecule is C=C(N)/C=C\C(=C)CNC1=CC=C(N)CC1. The van der Waals surface area contributed by atoms with E-state index in [1.807, 2.05) is 18.2 Å². The molecule has 0 unspecified atom stereocenters. The van der Waals surface area contributed by atoms with Gasteiger partial charge in [0.05, 0.1) is 0 Å². The van der Waals surface area contributed by atoms with Gasteiger partial charge in [0.1, 0.15) is 0 Å². The van der Waals surface area contributed by atoms with Crippen LogP contribution in [-0.4, -0.2) is 6.54 Å². The van der Waals surface area contributed by atoms with Crippen LogP contribution in [0, 0.1) is 0 Å². The highest BCUT2D eigenvalue weighted by Gasteiger charge is 2.02. The second-order valence-corrected chi connectivity index (χ2v) is 3.85. The summed E-state index contributed by atoms with van der Waals surface area (Å²) >= 11 is 0. The van der Waals surface area contributed by atoms with Crippen LogP contribution in [0.1, 0.15) is 12.8 Å². The molecular weight excluding hydrogens is 198 g/mol. The van der Waals surface area contributed by atoms with E-state index in [-0.39, 0.29) is 0 Å². The van der Waals surface area contributed by atoms with Gasteiger partial charge in [0.15, 0.2) is 0 Å². The molecule has 86 valence electrons. The van der Waals surface area contributed by atoms with Crippen molar-refractivity contribution in [1.82, 2.24) is 5.32 Å². The van der Waals surface area contributed by atoms with E-state index in [4.69, 9.17) is 11.5 Å². The third kappa shape index (κ3) is 4.55. The minimum absolute atomic E-state index is 0.536. The Morgan fingerprint density at radius 2 is 2.06 bits per heavy atom. The van der Waals surface area contributed by atoms with E-state index < -0.39 is 0 Å². The average Bonchev–Trinajstić information content (AvgIpc) is 2.25. The zero-order chi connectivity index (χ0) is 12.0. The maximum absolute atomic E-state index is 5.67. The van der Waals surface area contributed by atoms with Gasteiger partial charge >= 0.3 is 0 Å². The van der Waals surface area contributed by atoms with Crippen molar-refractivity contribution < 1.29 is 0 Å². The Labute approximate surface area is 96.9 Å². The molecule has 0 aromatic carbocycles. The summed E-state index contributed by atoms with van der Waals surface area (Å²) in [4.78, 5) is 0.